The topological polar surface area (TPSA) is 190 Å². The lowest BCUT2D eigenvalue weighted by Crippen LogP contribution is -2.75. The van der Waals surface area contributed by atoms with Gasteiger partial charge in [0.1, 0.15) is 106 Å². The molecule has 0 aliphatic carbocycles. The fraction of sp³-hybridized carbons (Fsp3) is 0.225. The van der Waals surface area contributed by atoms with Crippen LogP contribution in [-0.4, -0.2) is 93.4 Å². The molecule has 26 heteroatoms. The van der Waals surface area contributed by atoms with Crippen LogP contribution in [0, 0.1) is 6.92 Å². The molecule has 0 N–H and O–H groups in total. The van der Waals surface area contributed by atoms with Crippen molar-refractivity contribution in [2.75, 3.05) is 0 Å². The summed E-state index contributed by atoms with van der Waals surface area (Å²) in [6.45, 7) is 3.30. The van der Waals surface area contributed by atoms with E-state index in [1.165, 1.54) is 179 Å². The van der Waals surface area contributed by atoms with Gasteiger partial charge in [0.15, 0.2) is 88.7 Å². The first-order valence-corrected chi connectivity index (χ1v) is 39.9. The molecule has 0 saturated carbocycles. The minimum Gasteiger partial charge on any atom is -0.249 e. The first-order valence-electron chi connectivity index (χ1n) is 39.9. The number of rotatable bonds is 0. The van der Waals surface area contributed by atoms with E-state index in [9.17, 15) is 0 Å². The Morgan fingerprint density at radius 1 is 0.226 bits per heavy atom. The maximum Gasteiger partial charge on any atom is 0.412 e. The van der Waals surface area contributed by atoms with Gasteiger partial charge in [-0.2, -0.15) is 0 Å². The number of fused-ring (bicyclic) bond motifs is 20. The molecular weight excluding hydrogens is 1420 g/mol. The van der Waals surface area contributed by atoms with Gasteiger partial charge < -0.3 is 0 Å². The van der Waals surface area contributed by atoms with E-state index in [1.54, 1.807) is 31.6 Å². The van der Waals surface area contributed by atoms with Crippen LogP contribution in [-0.2, 0) is 128 Å². The Morgan fingerprint density at radius 2 is 0.478 bits per heavy atom. The molecule has 10 aliphatic heterocycles. The Bertz CT molecular complexity index is 5230. The molecule has 115 heavy (non-hydrogen) atoms. The van der Waals surface area contributed by atoms with Crippen molar-refractivity contribution < 1.29 is 41.1 Å². The Labute approximate surface area is 669 Å². The molecule has 25 rings (SSSR count). The zero-order valence-electron chi connectivity index (χ0n) is 66.4. The smallest absolute Gasteiger partial charge is 0.249 e. The average molecular weight is 1500 g/mol. The molecule has 14 aromatic heterocycles. The molecule has 15 aromatic rings. The van der Waals surface area contributed by atoms with Gasteiger partial charge in [-0.25, -0.2) is 95.9 Å². The highest BCUT2D eigenvalue weighted by molar-refractivity contribution is 6.98. The monoisotopic (exact) mass is 1500 g/mol. The fourth-order valence-corrected chi connectivity index (χ4v) is 21.3. The summed E-state index contributed by atoms with van der Waals surface area (Å²) in [4.78, 5) is 55.1. The molecule has 0 bridgehead atoms. The van der Waals surface area contributed by atoms with Gasteiger partial charge in [0, 0.05) is 208 Å². The molecule has 21 nitrogen and oxygen atoms in total. The molecule has 0 atom stereocenters. The van der Waals surface area contributed by atoms with Crippen LogP contribution < -0.4 is 124 Å². The number of aromatic nitrogens is 21. The lowest BCUT2D eigenvalue weighted by Gasteiger charge is -2.30. The van der Waals surface area contributed by atoms with Crippen LogP contribution in [0.1, 0.15) is 118 Å². The predicted molar refractivity (Wildman–Crippen MR) is 437 cm³/mol. The minimum absolute atomic E-state index is 0.165. The van der Waals surface area contributed by atoms with E-state index < -0.39 is 0 Å². The Balaban J connectivity index is 0.0000000900. The highest BCUT2D eigenvalue weighted by Crippen LogP contribution is 2.25. The summed E-state index contributed by atoms with van der Waals surface area (Å²) in [5, 5.41) is 0. The van der Waals surface area contributed by atoms with Crippen molar-refractivity contribution >= 4 is 117 Å². The molecule has 10 aliphatic rings. The Kier molecular flexibility index (Phi) is 16.7. The van der Waals surface area contributed by atoms with Crippen LogP contribution >= 0.6 is 0 Å². The largest absolute Gasteiger partial charge is 0.412 e. The molecule has 1 aromatic carbocycles. The predicted octanol–water partition coefficient (Wildman–Crippen LogP) is -7.48. The fourth-order valence-electron chi connectivity index (χ4n) is 21.3. The van der Waals surface area contributed by atoms with Crippen molar-refractivity contribution in [3.05, 3.63) is 321 Å². The number of hydrogen-bond acceptors (Lipinski definition) is 12. The summed E-state index contributed by atoms with van der Waals surface area (Å²) in [5.74, 6) is 0. The van der Waals surface area contributed by atoms with Gasteiger partial charge in [0.2, 0.25) is 0 Å². The molecule has 0 fully saturated rings. The van der Waals surface area contributed by atoms with Gasteiger partial charge in [-0.3, -0.25) is 0 Å². The third kappa shape index (κ3) is 11.3. The number of hydrogen-bond donors (Lipinski definition) is 0. The average Bonchev–Trinajstić information content (AvgIpc) is 0.747. The normalized spacial score (nSPS) is 14.1. The number of benzene rings is 1. The Morgan fingerprint density at radius 3 is 0.809 bits per heavy atom. The molecule has 550 valence electrons. The molecule has 0 saturated heterocycles. The quantitative estimate of drug-likeness (QED) is 0.103. The van der Waals surface area contributed by atoms with Gasteiger partial charge in [0.05, 0.1) is 18.8 Å². The van der Waals surface area contributed by atoms with E-state index in [0.29, 0.717) is 0 Å². The van der Waals surface area contributed by atoms with E-state index in [4.69, 9.17) is 0 Å². The second-order valence-electron chi connectivity index (χ2n) is 32.5. The van der Waals surface area contributed by atoms with Crippen LogP contribution in [0.15, 0.2) is 203 Å². The third-order valence-corrected chi connectivity index (χ3v) is 26.0. The maximum absolute atomic E-state index is 4.64. The van der Waals surface area contributed by atoms with Crippen molar-refractivity contribution in [1.29, 1.82) is 0 Å². The van der Waals surface area contributed by atoms with Crippen molar-refractivity contribution in [3.63, 3.8) is 0 Å². The summed E-state index contributed by atoms with van der Waals surface area (Å²) in [5.41, 5.74) is 46.7. The number of pyridine rings is 7. The van der Waals surface area contributed by atoms with Crippen molar-refractivity contribution in [3.8, 4) is 0 Å². The summed E-state index contributed by atoms with van der Waals surface area (Å²) in [6, 6.07) is 37.1. The lowest BCUT2D eigenvalue weighted by molar-refractivity contribution is -0.661. The van der Waals surface area contributed by atoms with Gasteiger partial charge in [0.25, 0.3) is 6.33 Å². The van der Waals surface area contributed by atoms with Crippen molar-refractivity contribution in [1.82, 2.24) is 59.8 Å². The van der Waals surface area contributed by atoms with Gasteiger partial charge >= 0.3 is 33.6 Å². The van der Waals surface area contributed by atoms with E-state index >= 15 is 0 Å². The SMILES string of the molecule is C[n+]1cccc2c1B1c3c(ncnc3Cc3ccc[n+](C)c31)C2.C[n+]1cccc2c1B1c3c(ncnc3Cc3ccc[n+](C)c31)C2.C[n+]1cccc2c1B1c3c(ncnc3Cc3cnc[n+](C)c31)C2.C[n+]1cccc2c1B1c3c(ncnc3Cc3ncc[n+](C)c31)C2.Cc1cccc2c1B1c3c(ncnc3Cc3ccc[n+](C)c31)C2. The van der Waals surface area contributed by atoms with Gasteiger partial charge in [-0.15, -0.1) is 0 Å². The zero-order chi connectivity index (χ0) is 77.8. The van der Waals surface area contributed by atoms with Crippen LogP contribution in [0.3, 0.4) is 0 Å². The van der Waals surface area contributed by atoms with Crippen LogP contribution in [0.4, 0.5) is 0 Å². The van der Waals surface area contributed by atoms with Crippen LogP contribution in [0.2, 0.25) is 0 Å². The van der Waals surface area contributed by atoms with Gasteiger partial charge in [-0.1, -0.05) is 34.2 Å². The van der Waals surface area contributed by atoms with E-state index in [1.807, 2.05) is 24.9 Å². The second-order valence-corrected chi connectivity index (χ2v) is 32.5. The minimum atomic E-state index is 0.165. The van der Waals surface area contributed by atoms with Crippen LogP contribution in [0.25, 0.3) is 0 Å². The highest BCUT2D eigenvalue weighted by atomic mass is 15.0. The molecule has 24 heterocycles. The van der Waals surface area contributed by atoms with Crippen molar-refractivity contribution in [2.45, 2.75) is 71.1 Å². The standard InChI is InChI=1S/C19H17BN3.2C18H17BN4.2C17H16BN5/c1-12-5-3-6-13-9-15-18-16(22-11-21-15)10-14-7-4-8-23(2)19(14)20(18)17(12)13;2*1-22-7-3-5-12-9-14-16-15(21-11-20-14)10-13-6-4-8-23(2)18(13)19(16)17(12)22;1-22-6-3-4-11-8-12-15-13(21-10-20-12)9-14-17(18(15)16(11)22)23(2)7-5-19-14;1-22-5-3-4-11-6-13-15-14(21-9-20-13)7-12-8-19-10-23(2)17(12)18(15)16(11)22/h3*3-8,11H,9-10H2,1-2H3;3-7,10H,8-9H2,1-2H3;3-5,8-10H,6-7H2,1-2H3/q+1;4*+2. The molecular formula is C89H83B5N21+9. The Hall–Kier alpha value is -12.8. The van der Waals surface area contributed by atoms with E-state index in [0.717, 1.165) is 87.0 Å². The summed E-state index contributed by atoms with van der Waals surface area (Å²) in [7, 11) is 19.2. The molecule has 0 spiro atoms. The summed E-state index contributed by atoms with van der Waals surface area (Å²) < 4.78 is 20.2. The van der Waals surface area contributed by atoms with Gasteiger partial charge in [-0.05, 0) is 82.3 Å². The maximum atomic E-state index is 4.64. The highest BCUT2D eigenvalue weighted by Gasteiger charge is 2.54. The van der Waals surface area contributed by atoms with E-state index in [2.05, 4.69) is 318 Å². The first-order chi connectivity index (χ1) is 56.2. The van der Waals surface area contributed by atoms with Crippen LogP contribution in [0.5, 0.6) is 0 Å². The number of aryl methyl sites for hydroxylation is 10. The summed E-state index contributed by atoms with van der Waals surface area (Å²) >= 11 is 0. The zero-order valence-corrected chi connectivity index (χ0v) is 66.4. The summed E-state index contributed by atoms with van der Waals surface area (Å²) in [6.07, 6.45) is 40.2. The third-order valence-electron chi connectivity index (χ3n) is 26.0. The second kappa shape index (κ2) is 27.5. The molecule has 0 unspecified atom stereocenters. The van der Waals surface area contributed by atoms with Crippen molar-refractivity contribution in [2.24, 2.45) is 63.4 Å². The van der Waals surface area contributed by atoms with E-state index in [-0.39, 0.29) is 33.6 Å². The lowest BCUT2D eigenvalue weighted by atomic mass is 9.32. The first kappa shape index (κ1) is 70.1. The molecule has 0 radical (unpaired) electrons. The number of nitrogens with zero attached hydrogens (tertiary/aromatic N) is 21. The molecule has 0 amide bonds.